The van der Waals surface area contributed by atoms with Gasteiger partial charge in [-0.25, -0.2) is 0 Å². The Morgan fingerprint density at radius 3 is 1.97 bits per heavy atom. The number of hydrogen-bond acceptors (Lipinski definition) is 5. The van der Waals surface area contributed by atoms with Crippen LogP contribution in [-0.2, 0) is 32.0 Å². The molecule has 0 spiro atoms. The molecule has 2 amide bonds. The standard InChI is InChI=1S/C31H40N2O5/c1-4-12-26(20-29(35)32-23(3)21-34)30(36)33-28(19-25-16-10-7-11-17-25)22-38-31(37)27(13-5-2)18-24-14-8-6-9-15-24/h4-11,14-17,23,26-28,34H,1-2,12-13,18-22H2,3H3,(H,32,35)(H,33,36). The summed E-state index contributed by atoms with van der Waals surface area (Å²) < 4.78 is 5.72. The van der Waals surface area contributed by atoms with E-state index in [-0.39, 0.29) is 43.3 Å². The van der Waals surface area contributed by atoms with Gasteiger partial charge in [0.1, 0.15) is 6.61 Å². The highest BCUT2D eigenvalue weighted by atomic mass is 16.5. The van der Waals surface area contributed by atoms with Crippen LogP contribution in [0.5, 0.6) is 0 Å². The van der Waals surface area contributed by atoms with E-state index in [0.717, 1.165) is 11.1 Å². The minimum Gasteiger partial charge on any atom is -0.463 e. The lowest BCUT2D eigenvalue weighted by atomic mass is 9.96. The van der Waals surface area contributed by atoms with E-state index in [4.69, 9.17) is 4.74 Å². The van der Waals surface area contributed by atoms with Crippen LogP contribution in [0.4, 0.5) is 0 Å². The maximum Gasteiger partial charge on any atom is 0.309 e. The molecule has 38 heavy (non-hydrogen) atoms. The molecule has 2 aromatic rings. The van der Waals surface area contributed by atoms with Gasteiger partial charge in [-0.1, -0.05) is 72.8 Å². The van der Waals surface area contributed by atoms with Crippen molar-refractivity contribution in [3.63, 3.8) is 0 Å². The molecular weight excluding hydrogens is 480 g/mol. The topological polar surface area (TPSA) is 105 Å². The first-order valence-electron chi connectivity index (χ1n) is 13.0. The van der Waals surface area contributed by atoms with Gasteiger partial charge in [-0.2, -0.15) is 0 Å². The second-order valence-electron chi connectivity index (χ2n) is 9.51. The van der Waals surface area contributed by atoms with E-state index >= 15 is 0 Å². The Balaban J connectivity index is 2.10. The summed E-state index contributed by atoms with van der Waals surface area (Å²) >= 11 is 0. The zero-order valence-corrected chi connectivity index (χ0v) is 22.2. The molecule has 0 heterocycles. The molecule has 4 unspecified atom stereocenters. The second-order valence-corrected chi connectivity index (χ2v) is 9.51. The first kappa shape index (κ1) is 30.5. The van der Waals surface area contributed by atoms with Gasteiger partial charge in [-0.3, -0.25) is 14.4 Å². The Bertz CT molecular complexity index is 1030. The van der Waals surface area contributed by atoms with E-state index in [1.165, 1.54) is 0 Å². The van der Waals surface area contributed by atoms with Gasteiger partial charge in [0.2, 0.25) is 11.8 Å². The third-order valence-corrected chi connectivity index (χ3v) is 6.14. The first-order valence-corrected chi connectivity index (χ1v) is 13.0. The van der Waals surface area contributed by atoms with Crippen LogP contribution in [0.3, 0.4) is 0 Å². The van der Waals surface area contributed by atoms with Gasteiger partial charge in [-0.05, 0) is 43.7 Å². The number of aliphatic hydroxyl groups is 1. The summed E-state index contributed by atoms with van der Waals surface area (Å²) in [5, 5.41) is 14.8. The lowest BCUT2D eigenvalue weighted by Gasteiger charge is -2.24. The molecule has 0 radical (unpaired) electrons. The third-order valence-electron chi connectivity index (χ3n) is 6.14. The molecule has 0 aliphatic heterocycles. The van der Waals surface area contributed by atoms with Crippen LogP contribution in [0.25, 0.3) is 0 Å². The fourth-order valence-electron chi connectivity index (χ4n) is 4.12. The zero-order chi connectivity index (χ0) is 27.8. The molecule has 4 atom stereocenters. The molecule has 204 valence electrons. The van der Waals surface area contributed by atoms with E-state index in [0.29, 0.717) is 25.7 Å². The van der Waals surface area contributed by atoms with Crippen LogP contribution in [-0.4, -0.2) is 48.2 Å². The highest BCUT2D eigenvalue weighted by Gasteiger charge is 2.26. The minimum absolute atomic E-state index is 0.00352. The molecule has 0 aromatic heterocycles. The van der Waals surface area contributed by atoms with Crippen LogP contribution in [0.15, 0.2) is 86.0 Å². The Kier molecular flexibility index (Phi) is 13.6. The van der Waals surface area contributed by atoms with Crippen LogP contribution in [0.2, 0.25) is 0 Å². The average Bonchev–Trinajstić information content (AvgIpc) is 2.92. The molecule has 7 nitrogen and oxygen atoms in total. The van der Waals surface area contributed by atoms with Gasteiger partial charge >= 0.3 is 5.97 Å². The van der Waals surface area contributed by atoms with E-state index in [1.54, 1.807) is 19.1 Å². The van der Waals surface area contributed by atoms with Crippen LogP contribution in [0.1, 0.15) is 37.3 Å². The summed E-state index contributed by atoms with van der Waals surface area (Å²) in [5.41, 5.74) is 2.02. The quantitative estimate of drug-likeness (QED) is 0.218. The number of ether oxygens (including phenoxy) is 1. The van der Waals surface area contributed by atoms with Crippen LogP contribution in [0, 0.1) is 11.8 Å². The Labute approximate surface area is 226 Å². The zero-order valence-electron chi connectivity index (χ0n) is 22.2. The number of carbonyl (C=O) groups is 3. The van der Waals surface area contributed by atoms with Crippen molar-refractivity contribution in [2.75, 3.05) is 13.2 Å². The molecule has 2 aromatic carbocycles. The van der Waals surface area contributed by atoms with Crippen LogP contribution >= 0.6 is 0 Å². The molecule has 0 saturated heterocycles. The smallest absolute Gasteiger partial charge is 0.309 e. The molecule has 7 heteroatoms. The van der Waals surface area contributed by atoms with Crippen molar-refractivity contribution in [2.45, 2.75) is 51.1 Å². The molecule has 0 fully saturated rings. The predicted molar refractivity (Wildman–Crippen MR) is 149 cm³/mol. The molecule has 0 saturated carbocycles. The van der Waals surface area contributed by atoms with Crippen molar-refractivity contribution in [2.24, 2.45) is 11.8 Å². The SMILES string of the molecule is C=CCC(CC(=O)NC(C)CO)C(=O)NC(COC(=O)C(CC=C)Cc1ccccc1)Cc1ccccc1. The Morgan fingerprint density at radius 2 is 1.42 bits per heavy atom. The maximum absolute atomic E-state index is 13.2. The second kappa shape index (κ2) is 16.9. The summed E-state index contributed by atoms with van der Waals surface area (Å²) in [6, 6.07) is 18.5. The fourth-order valence-corrected chi connectivity index (χ4v) is 4.12. The Morgan fingerprint density at radius 1 is 0.868 bits per heavy atom. The molecule has 3 N–H and O–H groups in total. The largest absolute Gasteiger partial charge is 0.463 e. The van der Waals surface area contributed by atoms with Crippen molar-refractivity contribution < 1.29 is 24.2 Å². The lowest BCUT2D eigenvalue weighted by Crippen LogP contribution is -2.45. The summed E-state index contributed by atoms with van der Waals surface area (Å²) in [7, 11) is 0. The normalized spacial score (nSPS) is 13.8. The number of hydrogen-bond donors (Lipinski definition) is 3. The summed E-state index contributed by atoms with van der Waals surface area (Å²) in [4.78, 5) is 38.6. The number of aliphatic hydroxyl groups excluding tert-OH is 1. The molecule has 0 aliphatic rings. The van der Waals surface area contributed by atoms with Crippen molar-refractivity contribution in [3.05, 3.63) is 97.1 Å². The van der Waals surface area contributed by atoms with E-state index in [1.807, 2.05) is 60.7 Å². The molecule has 0 bridgehead atoms. The number of carbonyl (C=O) groups excluding carboxylic acids is 3. The molecule has 2 rings (SSSR count). The van der Waals surface area contributed by atoms with Gasteiger partial charge in [0.05, 0.1) is 24.5 Å². The van der Waals surface area contributed by atoms with Crippen molar-refractivity contribution in [1.29, 1.82) is 0 Å². The third kappa shape index (κ3) is 11.1. The van der Waals surface area contributed by atoms with Gasteiger partial charge in [0.25, 0.3) is 0 Å². The van der Waals surface area contributed by atoms with Crippen LogP contribution < -0.4 is 10.6 Å². The number of benzene rings is 2. The minimum atomic E-state index is -0.640. The number of rotatable bonds is 17. The van der Waals surface area contributed by atoms with Crippen molar-refractivity contribution >= 4 is 17.8 Å². The van der Waals surface area contributed by atoms with Crippen molar-refractivity contribution in [1.82, 2.24) is 10.6 Å². The molecule has 0 aliphatic carbocycles. The number of allylic oxidation sites excluding steroid dienone is 2. The fraction of sp³-hybridized carbons (Fsp3) is 0.387. The number of esters is 1. The highest BCUT2D eigenvalue weighted by molar-refractivity contribution is 5.86. The highest BCUT2D eigenvalue weighted by Crippen LogP contribution is 2.16. The van der Waals surface area contributed by atoms with Crippen molar-refractivity contribution in [3.8, 4) is 0 Å². The summed E-state index contributed by atoms with van der Waals surface area (Å²) in [6.45, 7) is 8.99. The first-order chi connectivity index (χ1) is 18.4. The average molecular weight is 521 g/mol. The van der Waals surface area contributed by atoms with Gasteiger partial charge in [0, 0.05) is 12.5 Å². The Hall–Kier alpha value is -3.71. The van der Waals surface area contributed by atoms with Gasteiger partial charge < -0.3 is 20.5 Å². The van der Waals surface area contributed by atoms with E-state index < -0.39 is 18.0 Å². The number of amides is 2. The monoisotopic (exact) mass is 520 g/mol. The summed E-state index contributed by atoms with van der Waals surface area (Å²) in [5.74, 6) is -2.01. The van der Waals surface area contributed by atoms with E-state index in [9.17, 15) is 19.5 Å². The lowest BCUT2D eigenvalue weighted by molar-refractivity contribution is -0.149. The molecular formula is C31H40N2O5. The number of nitrogens with one attached hydrogen (secondary N) is 2. The maximum atomic E-state index is 13.2. The van der Waals surface area contributed by atoms with E-state index in [2.05, 4.69) is 23.8 Å². The summed E-state index contributed by atoms with van der Waals surface area (Å²) in [6.07, 6.45) is 5.04. The van der Waals surface area contributed by atoms with Gasteiger partial charge in [-0.15, -0.1) is 13.2 Å². The van der Waals surface area contributed by atoms with Gasteiger partial charge in [0.15, 0.2) is 0 Å². The predicted octanol–water partition coefficient (Wildman–Crippen LogP) is 3.77.